The van der Waals surface area contributed by atoms with Crippen LogP contribution in [-0.4, -0.2) is 29.0 Å². The minimum atomic E-state index is -0.374. The topological polar surface area (TPSA) is 46.4 Å². The Morgan fingerprint density at radius 1 is 1.58 bits per heavy atom. The molecular formula is C13H17ClN2O2S. The zero-order valence-corrected chi connectivity index (χ0v) is 12.4. The van der Waals surface area contributed by atoms with E-state index in [9.17, 15) is 10.1 Å². The molecule has 1 heterocycles. The van der Waals surface area contributed by atoms with Crippen molar-refractivity contribution in [1.82, 2.24) is 0 Å². The first-order chi connectivity index (χ1) is 9.15. The third kappa shape index (κ3) is 3.34. The van der Waals surface area contributed by atoms with Crippen molar-refractivity contribution in [1.29, 1.82) is 0 Å². The summed E-state index contributed by atoms with van der Waals surface area (Å²) in [5, 5.41) is 11.4. The summed E-state index contributed by atoms with van der Waals surface area (Å²) in [6.07, 6.45) is 1.14. The van der Waals surface area contributed by atoms with Gasteiger partial charge in [-0.05, 0) is 18.1 Å². The van der Waals surface area contributed by atoms with E-state index in [-0.39, 0.29) is 10.6 Å². The van der Waals surface area contributed by atoms with Crippen molar-refractivity contribution < 1.29 is 4.92 Å². The van der Waals surface area contributed by atoms with Gasteiger partial charge in [-0.25, -0.2) is 0 Å². The second-order valence-electron chi connectivity index (χ2n) is 4.55. The van der Waals surface area contributed by atoms with Crippen LogP contribution in [0.1, 0.15) is 18.9 Å². The van der Waals surface area contributed by atoms with Crippen LogP contribution in [-0.2, 0) is 5.88 Å². The molecule has 0 saturated carbocycles. The number of non-ortho nitro benzene ring substituents is 1. The van der Waals surface area contributed by atoms with Crippen LogP contribution >= 0.6 is 23.4 Å². The normalized spacial score (nSPS) is 19.5. The summed E-state index contributed by atoms with van der Waals surface area (Å²) in [4.78, 5) is 12.7. The van der Waals surface area contributed by atoms with Crippen molar-refractivity contribution in [3.63, 3.8) is 0 Å². The monoisotopic (exact) mass is 300 g/mol. The molecule has 0 aliphatic carbocycles. The number of thioether (sulfide) groups is 1. The first kappa shape index (κ1) is 14.5. The highest BCUT2D eigenvalue weighted by Crippen LogP contribution is 2.31. The van der Waals surface area contributed by atoms with Crippen molar-refractivity contribution in [2.24, 2.45) is 0 Å². The van der Waals surface area contributed by atoms with Gasteiger partial charge in [-0.15, -0.1) is 11.6 Å². The van der Waals surface area contributed by atoms with E-state index in [4.69, 9.17) is 11.6 Å². The Labute approximate surface area is 122 Å². The smallest absolute Gasteiger partial charge is 0.269 e. The van der Waals surface area contributed by atoms with Gasteiger partial charge >= 0.3 is 0 Å². The number of benzene rings is 1. The summed E-state index contributed by atoms with van der Waals surface area (Å²) in [5.74, 6) is 1.40. The van der Waals surface area contributed by atoms with Crippen LogP contribution in [0.5, 0.6) is 0 Å². The fourth-order valence-corrected chi connectivity index (χ4v) is 3.68. The summed E-state index contributed by atoms with van der Waals surface area (Å²) >= 11 is 7.94. The highest BCUT2D eigenvalue weighted by atomic mass is 35.5. The molecule has 1 atom stereocenters. The minimum absolute atomic E-state index is 0.109. The first-order valence-electron chi connectivity index (χ1n) is 6.35. The van der Waals surface area contributed by atoms with Crippen molar-refractivity contribution in [3.8, 4) is 0 Å². The second kappa shape index (κ2) is 6.48. The van der Waals surface area contributed by atoms with Crippen molar-refractivity contribution in [2.75, 3.05) is 23.7 Å². The zero-order valence-electron chi connectivity index (χ0n) is 10.8. The van der Waals surface area contributed by atoms with Crippen LogP contribution in [0.25, 0.3) is 0 Å². The van der Waals surface area contributed by atoms with Crippen molar-refractivity contribution in [2.45, 2.75) is 24.5 Å². The molecule has 1 saturated heterocycles. The molecule has 1 aromatic carbocycles. The quantitative estimate of drug-likeness (QED) is 0.483. The summed E-state index contributed by atoms with van der Waals surface area (Å²) in [7, 11) is 0. The average molecular weight is 301 g/mol. The van der Waals surface area contributed by atoms with Gasteiger partial charge in [0.15, 0.2) is 0 Å². The van der Waals surface area contributed by atoms with Gasteiger partial charge in [0.05, 0.1) is 4.92 Å². The van der Waals surface area contributed by atoms with E-state index in [2.05, 4.69) is 11.8 Å². The second-order valence-corrected chi connectivity index (χ2v) is 6.23. The van der Waals surface area contributed by atoms with Gasteiger partial charge in [0.25, 0.3) is 5.69 Å². The van der Waals surface area contributed by atoms with Crippen LogP contribution in [0.2, 0.25) is 0 Å². The van der Waals surface area contributed by atoms with Gasteiger partial charge in [-0.2, -0.15) is 11.8 Å². The summed E-state index contributed by atoms with van der Waals surface area (Å²) in [6.45, 7) is 4.16. The van der Waals surface area contributed by atoms with E-state index in [1.807, 2.05) is 17.8 Å². The lowest BCUT2D eigenvalue weighted by molar-refractivity contribution is -0.384. The Morgan fingerprint density at radius 2 is 2.37 bits per heavy atom. The summed E-state index contributed by atoms with van der Waals surface area (Å²) < 4.78 is 0. The molecule has 2 rings (SSSR count). The van der Waals surface area contributed by atoms with Crippen LogP contribution in [0, 0.1) is 10.1 Å². The van der Waals surface area contributed by atoms with Gasteiger partial charge in [0, 0.05) is 47.8 Å². The molecule has 6 heteroatoms. The number of hydrogen-bond acceptors (Lipinski definition) is 4. The van der Waals surface area contributed by atoms with Crippen molar-refractivity contribution in [3.05, 3.63) is 33.9 Å². The molecule has 0 amide bonds. The molecule has 1 aromatic rings. The van der Waals surface area contributed by atoms with Crippen molar-refractivity contribution >= 4 is 34.7 Å². The van der Waals surface area contributed by atoms with Gasteiger partial charge in [-0.1, -0.05) is 6.92 Å². The molecule has 104 valence electrons. The maximum Gasteiger partial charge on any atom is 0.269 e. The fraction of sp³-hybridized carbons (Fsp3) is 0.538. The number of rotatable bonds is 4. The molecule has 19 heavy (non-hydrogen) atoms. The Kier molecular flexibility index (Phi) is 4.93. The highest BCUT2D eigenvalue weighted by molar-refractivity contribution is 8.00. The Morgan fingerprint density at radius 3 is 3.00 bits per heavy atom. The number of alkyl halides is 1. The number of hydrogen-bond donors (Lipinski definition) is 0. The third-order valence-electron chi connectivity index (χ3n) is 3.35. The molecule has 1 aliphatic heterocycles. The molecule has 4 nitrogen and oxygen atoms in total. The first-order valence-corrected chi connectivity index (χ1v) is 7.93. The molecule has 0 N–H and O–H groups in total. The van der Waals surface area contributed by atoms with Crippen LogP contribution < -0.4 is 4.90 Å². The number of halogens is 1. The highest BCUT2D eigenvalue weighted by Gasteiger charge is 2.22. The van der Waals surface area contributed by atoms with E-state index in [0.717, 1.165) is 36.5 Å². The number of nitro benzene ring substituents is 1. The van der Waals surface area contributed by atoms with Gasteiger partial charge in [-0.3, -0.25) is 10.1 Å². The van der Waals surface area contributed by atoms with Crippen LogP contribution in [0.3, 0.4) is 0 Å². The Hall–Kier alpha value is -0.940. The Bertz CT molecular complexity index is 470. The zero-order chi connectivity index (χ0) is 13.8. The standard InChI is InChI=1S/C13H17ClN2O2S/c1-2-12-9-15(5-6-19-12)13-4-3-11(16(17)18)7-10(13)8-14/h3-4,7,12H,2,5-6,8-9H2,1H3. The molecular weight excluding hydrogens is 284 g/mol. The average Bonchev–Trinajstić information content (AvgIpc) is 2.46. The lowest BCUT2D eigenvalue weighted by Gasteiger charge is -2.34. The Balaban J connectivity index is 2.26. The van der Waals surface area contributed by atoms with E-state index in [1.54, 1.807) is 12.1 Å². The predicted octanol–water partition coefficient (Wildman–Crippen LogP) is 3.67. The molecule has 0 radical (unpaired) electrons. The molecule has 0 bridgehead atoms. The number of nitrogens with zero attached hydrogens (tertiary/aromatic N) is 2. The van der Waals surface area contributed by atoms with Gasteiger partial charge in [0.2, 0.25) is 0 Å². The maximum atomic E-state index is 10.8. The van der Waals surface area contributed by atoms with E-state index < -0.39 is 0 Å². The van der Waals surface area contributed by atoms with E-state index in [0.29, 0.717) is 11.1 Å². The molecule has 1 fully saturated rings. The number of nitro groups is 1. The summed E-state index contributed by atoms with van der Waals surface area (Å²) in [5.41, 5.74) is 2.00. The van der Waals surface area contributed by atoms with Gasteiger partial charge < -0.3 is 4.90 Å². The molecule has 0 spiro atoms. The lowest BCUT2D eigenvalue weighted by Crippen LogP contribution is -2.38. The molecule has 1 aliphatic rings. The third-order valence-corrected chi connectivity index (χ3v) is 5.01. The van der Waals surface area contributed by atoms with Crippen LogP contribution in [0.15, 0.2) is 18.2 Å². The molecule has 0 aromatic heterocycles. The number of anilines is 1. The molecule has 1 unspecified atom stereocenters. The SMILES string of the molecule is CCC1CN(c2ccc([N+](=O)[O-])cc2CCl)CCS1. The summed E-state index contributed by atoms with van der Waals surface area (Å²) in [6, 6.07) is 4.98. The lowest BCUT2D eigenvalue weighted by atomic mass is 10.1. The van der Waals surface area contributed by atoms with E-state index >= 15 is 0 Å². The predicted molar refractivity (Wildman–Crippen MR) is 81.4 cm³/mol. The fourth-order valence-electron chi connectivity index (χ4n) is 2.29. The van der Waals surface area contributed by atoms with Crippen LogP contribution in [0.4, 0.5) is 11.4 Å². The minimum Gasteiger partial charge on any atom is -0.369 e. The van der Waals surface area contributed by atoms with Gasteiger partial charge in [0.1, 0.15) is 0 Å². The largest absolute Gasteiger partial charge is 0.369 e. The van der Waals surface area contributed by atoms with E-state index in [1.165, 1.54) is 0 Å². The maximum absolute atomic E-state index is 10.8.